The average Bonchev–Trinajstić information content (AvgIpc) is 2.74. The Morgan fingerprint density at radius 2 is 1.81 bits per heavy atom. The summed E-state index contributed by atoms with van der Waals surface area (Å²) in [6.07, 6.45) is 8.32. The Labute approximate surface area is 190 Å². The number of nitrogens with zero attached hydrogens (tertiary/aromatic N) is 1. The van der Waals surface area contributed by atoms with E-state index >= 15 is 0 Å². The topological polar surface area (TPSA) is 76.3 Å². The first kappa shape index (κ1) is 25.6. The van der Waals surface area contributed by atoms with E-state index in [9.17, 15) is 8.78 Å². The van der Waals surface area contributed by atoms with Gasteiger partial charge in [-0.2, -0.15) is 8.78 Å². The summed E-state index contributed by atoms with van der Waals surface area (Å²) < 4.78 is 26.7. The zero-order chi connectivity index (χ0) is 22.4. The third kappa shape index (κ3) is 6.17. The fourth-order valence-electron chi connectivity index (χ4n) is 3.97. The van der Waals surface area contributed by atoms with Gasteiger partial charge in [-0.1, -0.05) is 69.7 Å². The van der Waals surface area contributed by atoms with Gasteiger partial charge in [0.15, 0.2) is 0 Å². The van der Waals surface area contributed by atoms with Crippen molar-refractivity contribution in [2.45, 2.75) is 59.0 Å². The van der Waals surface area contributed by atoms with Gasteiger partial charge in [0.05, 0.1) is 0 Å². The Morgan fingerprint density at radius 1 is 1.09 bits per heavy atom. The van der Waals surface area contributed by atoms with Crippen LogP contribution in [0.4, 0.5) is 14.5 Å². The van der Waals surface area contributed by atoms with Crippen molar-refractivity contribution >= 4 is 17.3 Å². The van der Waals surface area contributed by atoms with Crippen molar-refractivity contribution in [3.8, 4) is 0 Å². The molecule has 2 aromatic carbocycles. The van der Waals surface area contributed by atoms with Crippen LogP contribution in [0.5, 0.6) is 0 Å². The maximum atomic E-state index is 13.4. The summed E-state index contributed by atoms with van der Waals surface area (Å²) in [6.45, 7) is 8.40. The summed E-state index contributed by atoms with van der Waals surface area (Å²) in [5.41, 5.74) is 10.3. The number of nitrogens with two attached hydrogens (primary N) is 1. The normalized spacial score (nSPS) is 15.2. The van der Waals surface area contributed by atoms with Crippen LogP contribution >= 0.6 is 0 Å². The number of allylic oxidation sites excluding steroid dienone is 2. The molecule has 1 heterocycles. The number of rotatable bonds is 8. The number of hydrogen-bond donors (Lipinski definition) is 3. The standard InChI is InChI=1S/C26H33F2N3.H3N/c1-4-7-21(20-11-13-23(14-12-20)26(27,28)29)16-19-9-10-22-18-31(15-6-3)25(8-5-2)30-24(22)17-19;/h8-14,16-17,30H,4-7,15,18,29H2,1-3H3;1H3/b21-16+,25-8-;. The predicted octanol–water partition coefficient (Wildman–Crippen LogP) is 7.09. The molecule has 0 saturated heterocycles. The fraction of sp³-hybridized carbons (Fsp3) is 0.385. The van der Waals surface area contributed by atoms with Crippen LogP contribution in [0.25, 0.3) is 11.6 Å². The maximum Gasteiger partial charge on any atom is 0.326 e. The third-order valence-corrected chi connectivity index (χ3v) is 5.49. The number of benzene rings is 2. The number of nitrogens with one attached hydrogen (secondary N) is 1. The van der Waals surface area contributed by atoms with E-state index in [0.717, 1.165) is 61.2 Å². The van der Waals surface area contributed by atoms with Gasteiger partial charge in [-0.25, -0.2) is 0 Å². The van der Waals surface area contributed by atoms with Crippen LogP contribution in [0, 0.1) is 0 Å². The molecule has 4 nitrogen and oxygen atoms in total. The number of hydrogen-bond acceptors (Lipinski definition) is 4. The number of fused-ring (bicyclic) bond motifs is 1. The molecule has 0 atom stereocenters. The summed E-state index contributed by atoms with van der Waals surface area (Å²) >= 11 is 0. The first-order valence-corrected chi connectivity index (χ1v) is 11.2. The summed E-state index contributed by atoms with van der Waals surface area (Å²) in [5.74, 6) is 1.17. The molecule has 6 heteroatoms. The summed E-state index contributed by atoms with van der Waals surface area (Å²) in [7, 11) is 0. The Balaban J connectivity index is 0.00000363. The second kappa shape index (κ2) is 11.2. The molecule has 0 fully saturated rings. The molecule has 1 aliphatic heterocycles. The molecule has 0 amide bonds. The third-order valence-electron chi connectivity index (χ3n) is 5.49. The molecule has 0 unspecified atom stereocenters. The highest BCUT2D eigenvalue weighted by Gasteiger charge is 2.24. The van der Waals surface area contributed by atoms with E-state index in [1.54, 1.807) is 12.1 Å². The Kier molecular flexibility index (Phi) is 8.99. The molecule has 0 aromatic heterocycles. The average molecular weight is 443 g/mol. The van der Waals surface area contributed by atoms with Crippen molar-refractivity contribution in [3.63, 3.8) is 0 Å². The SMILES string of the molecule is CC/C=C1/Nc2cc(/C=C(\CCC)c3ccc(C(N)(F)F)cc3)ccc2CN1CCC.N. The molecule has 0 saturated carbocycles. The second-order valence-electron chi connectivity index (χ2n) is 8.08. The smallest absolute Gasteiger partial charge is 0.326 e. The number of anilines is 1. The van der Waals surface area contributed by atoms with E-state index < -0.39 is 6.05 Å². The highest BCUT2D eigenvalue weighted by Crippen LogP contribution is 2.31. The zero-order valence-corrected chi connectivity index (χ0v) is 19.4. The summed E-state index contributed by atoms with van der Waals surface area (Å²) in [4.78, 5) is 2.39. The largest absolute Gasteiger partial charge is 0.354 e. The Morgan fingerprint density at radius 3 is 2.41 bits per heavy atom. The first-order valence-electron chi connectivity index (χ1n) is 11.2. The van der Waals surface area contributed by atoms with Gasteiger partial charge in [-0.15, -0.1) is 0 Å². The molecule has 0 radical (unpaired) electrons. The van der Waals surface area contributed by atoms with Crippen molar-refractivity contribution in [3.05, 3.63) is 76.6 Å². The molecule has 0 bridgehead atoms. The lowest BCUT2D eigenvalue weighted by molar-refractivity contribution is 0.00298. The minimum Gasteiger partial charge on any atom is -0.354 e. The van der Waals surface area contributed by atoms with Gasteiger partial charge in [-0.3, -0.25) is 5.73 Å². The highest BCUT2D eigenvalue weighted by atomic mass is 19.3. The van der Waals surface area contributed by atoms with E-state index in [-0.39, 0.29) is 11.7 Å². The molecule has 6 N–H and O–H groups in total. The highest BCUT2D eigenvalue weighted by molar-refractivity contribution is 5.82. The molecule has 32 heavy (non-hydrogen) atoms. The van der Waals surface area contributed by atoms with Crippen LogP contribution in [0.3, 0.4) is 0 Å². The van der Waals surface area contributed by atoms with E-state index in [2.05, 4.69) is 61.3 Å². The van der Waals surface area contributed by atoms with Crippen LogP contribution in [0.2, 0.25) is 0 Å². The molecule has 174 valence electrons. The quantitative estimate of drug-likeness (QED) is 0.301. The van der Waals surface area contributed by atoms with Gasteiger partial charge >= 0.3 is 6.05 Å². The zero-order valence-electron chi connectivity index (χ0n) is 19.4. The molecule has 2 aromatic rings. The molecule has 0 aliphatic carbocycles. The van der Waals surface area contributed by atoms with Gasteiger partial charge in [-0.05, 0) is 53.7 Å². The van der Waals surface area contributed by atoms with Gasteiger partial charge in [0.1, 0.15) is 5.82 Å². The van der Waals surface area contributed by atoms with Crippen molar-refractivity contribution < 1.29 is 8.78 Å². The van der Waals surface area contributed by atoms with E-state index in [1.165, 1.54) is 23.5 Å². The van der Waals surface area contributed by atoms with Crippen LogP contribution in [0.15, 0.2) is 54.4 Å². The number of halogens is 2. The van der Waals surface area contributed by atoms with Crippen LogP contribution in [0.1, 0.15) is 68.7 Å². The minimum absolute atomic E-state index is 0. The van der Waals surface area contributed by atoms with Crippen molar-refractivity contribution in [2.75, 3.05) is 11.9 Å². The lowest BCUT2D eigenvalue weighted by atomic mass is 9.96. The van der Waals surface area contributed by atoms with Crippen molar-refractivity contribution in [2.24, 2.45) is 5.73 Å². The van der Waals surface area contributed by atoms with E-state index in [4.69, 9.17) is 5.73 Å². The lowest BCUT2D eigenvalue weighted by Crippen LogP contribution is -2.32. The number of alkyl halides is 2. The molecule has 1 aliphatic rings. The molecular weight excluding hydrogens is 406 g/mol. The Bertz CT molecular complexity index is 943. The molecule has 3 rings (SSSR count). The van der Waals surface area contributed by atoms with E-state index in [1.807, 2.05) is 0 Å². The van der Waals surface area contributed by atoms with Crippen molar-refractivity contribution in [1.29, 1.82) is 0 Å². The summed E-state index contributed by atoms with van der Waals surface area (Å²) in [6, 6.07) is 9.48. The summed E-state index contributed by atoms with van der Waals surface area (Å²) in [5, 5.41) is 3.60. The lowest BCUT2D eigenvalue weighted by Gasteiger charge is -2.34. The van der Waals surface area contributed by atoms with Gasteiger partial charge in [0, 0.05) is 24.3 Å². The second-order valence-corrected chi connectivity index (χ2v) is 8.08. The van der Waals surface area contributed by atoms with Gasteiger partial charge < -0.3 is 16.4 Å². The van der Waals surface area contributed by atoms with E-state index in [0.29, 0.717) is 0 Å². The van der Waals surface area contributed by atoms with Crippen molar-refractivity contribution in [1.82, 2.24) is 11.1 Å². The van der Waals surface area contributed by atoms with Crippen LogP contribution < -0.4 is 17.2 Å². The molecule has 0 spiro atoms. The fourth-order valence-corrected chi connectivity index (χ4v) is 3.97. The maximum absolute atomic E-state index is 13.4. The predicted molar refractivity (Wildman–Crippen MR) is 131 cm³/mol. The first-order chi connectivity index (χ1) is 14.9. The van der Waals surface area contributed by atoms with Gasteiger partial charge in [0.2, 0.25) is 0 Å². The Hall–Kier alpha value is -2.70. The monoisotopic (exact) mass is 442 g/mol. The van der Waals surface area contributed by atoms with Crippen LogP contribution in [-0.2, 0) is 12.6 Å². The van der Waals surface area contributed by atoms with Crippen LogP contribution in [-0.4, -0.2) is 11.4 Å². The molecular formula is C26H36F2N4. The minimum atomic E-state index is -3.31. The van der Waals surface area contributed by atoms with Gasteiger partial charge in [0.25, 0.3) is 0 Å².